The van der Waals surface area contributed by atoms with Crippen LogP contribution in [0.25, 0.3) is 0 Å². The van der Waals surface area contributed by atoms with Gasteiger partial charge in [0.05, 0.1) is 6.61 Å². The highest BCUT2D eigenvalue weighted by Gasteiger charge is 2.03. The van der Waals surface area contributed by atoms with Gasteiger partial charge in [-0.1, -0.05) is 31.4 Å². The largest absolute Gasteiger partial charge is 0.494 e. The van der Waals surface area contributed by atoms with E-state index in [-0.39, 0.29) is 0 Å². The molecule has 0 radical (unpaired) electrons. The third kappa shape index (κ3) is 5.42. The maximum absolute atomic E-state index is 6.00. The van der Waals surface area contributed by atoms with Crippen molar-refractivity contribution < 1.29 is 4.74 Å². The van der Waals surface area contributed by atoms with Crippen molar-refractivity contribution in [3.8, 4) is 5.75 Å². The second kappa shape index (κ2) is 8.37. The lowest BCUT2D eigenvalue weighted by atomic mass is 10.2. The Hall–Kier alpha value is -0.730. The molecule has 1 aromatic carbocycles. The molecule has 1 aromatic rings. The van der Waals surface area contributed by atoms with Crippen LogP contribution in [0.4, 0.5) is 0 Å². The molecule has 0 amide bonds. The highest BCUT2D eigenvalue weighted by Crippen LogP contribution is 2.22. The molecular formula is C14H22ClNO. The number of hydrogen-bond donors (Lipinski definition) is 1. The number of benzene rings is 1. The van der Waals surface area contributed by atoms with Gasteiger partial charge in [0.2, 0.25) is 0 Å². The smallest absolute Gasteiger partial charge is 0.123 e. The Bertz CT molecular complexity index is 328. The van der Waals surface area contributed by atoms with E-state index in [4.69, 9.17) is 16.3 Å². The van der Waals surface area contributed by atoms with Gasteiger partial charge in [0.25, 0.3) is 0 Å². The SMILES string of the molecule is CCCCCNCc1cc(Cl)ccc1OCC. The number of hydrogen-bond acceptors (Lipinski definition) is 2. The van der Waals surface area contributed by atoms with Crippen LogP contribution in [0.2, 0.25) is 5.02 Å². The molecule has 0 aliphatic rings. The van der Waals surface area contributed by atoms with Crippen LogP contribution in [-0.2, 0) is 6.54 Å². The Labute approximate surface area is 109 Å². The third-order valence-electron chi connectivity index (χ3n) is 2.59. The summed E-state index contributed by atoms with van der Waals surface area (Å²) in [7, 11) is 0. The molecule has 2 nitrogen and oxygen atoms in total. The minimum Gasteiger partial charge on any atom is -0.494 e. The molecule has 0 aliphatic heterocycles. The van der Waals surface area contributed by atoms with Crippen LogP contribution in [0.15, 0.2) is 18.2 Å². The summed E-state index contributed by atoms with van der Waals surface area (Å²) >= 11 is 6.00. The lowest BCUT2D eigenvalue weighted by molar-refractivity contribution is 0.335. The van der Waals surface area contributed by atoms with Crippen molar-refractivity contribution in [2.75, 3.05) is 13.2 Å². The second-order valence-corrected chi connectivity index (χ2v) is 4.51. The first-order valence-corrected chi connectivity index (χ1v) is 6.77. The Morgan fingerprint density at radius 3 is 2.76 bits per heavy atom. The summed E-state index contributed by atoms with van der Waals surface area (Å²) in [5.74, 6) is 0.930. The van der Waals surface area contributed by atoms with E-state index in [1.165, 1.54) is 19.3 Å². The van der Waals surface area contributed by atoms with Crippen LogP contribution in [0.5, 0.6) is 5.75 Å². The summed E-state index contributed by atoms with van der Waals surface area (Å²) in [5, 5.41) is 4.19. The first-order valence-electron chi connectivity index (χ1n) is 6.39. The molecule has 0 spiro atoms. The van der Waals surface area contributed by atoms with Crippen molar-refractivity contribution in [1.82, 2.24) is 5.32 Å². The van der Waals surface area contributed by atoms with E-state index < -0.39 is 0 Å². The minimum atomic E-state index is 0.685. The number of nitrogens with one attached hydrogen (secondary N) is 1. The van der Waals surface area contributed by atoms with Crippen LogP contribution in [0, 0.1) is 0 Å². The molecule has 0 bridgehead atoms. The van der Waals surface area contributed by atoms with Gasteiger partial charge in [0.15, 0.2) is 0 Å². The maximum atomic E-state index is 6.00. The molecule has 0 saturated carbocycles. The molecule has 0 heterocycles. The molecule has 96 valence electrons. The van der Waals surface area contributed by atoms with Gasteiger partial charge in [-0.25, -0.2) is 0 Å². The quantitative estimate of drug-likeness (QED) is 0.709. The molecule has 0 saturated heterocycles. The molecular weight excluding hydrogens is 234 g/mol. The minimum absolute atomic E-state index is 0.685. The van der Waals surface area contributed by atoms with Crippen LogP contribution in [-0.4, -0.2) is 13.2 Å². The highest BCUT2D eigenvalue weighted by atomic mass is 35.5. The van der Waals surface area contributed by atoms with Crippen molar-refractivity contribution in [3.05, 3.63) is 28.8 Å². The maximum Gasteiger partial charge on any atom is 0.123 e. The van der Waals surface area contributed by atoms with Gasteiger partial charge in [0.1, 0.15) is 5.75 Å². The van der Waals surface area contributed by atoms with Gasteiger partial charge >= 0.3 is 0 Å². The van der Waals surface area contributed by atoms with E-state index in [0.29, 0.717) is 6.61 Å². The van der Waals surface area contributed by atoms with Gasteiger partial charge in [-0.05, 0) is 38.1 Å². The molecule has 17 heavy (non-hydrogen) atoms. The van der Waals surface area contributed by atoms with E-state index in [9.17, 15) is 0 Å². The molecule has 1 N–H and O–H groups in total. The van der Waals surface area contributed by atoms with Crippen LogP contribution >= 0.6 is 11.6 Å². The Morgan fingerprint density at radius 2 is 2.06 bits per heavy atom. The lowest BCUT2D eigenvalue weighted by Gasteiger charge is -2.11. The fourth-order valence-electron chi connectivity index (χ4n) is 1.71. The number of ether oxygens (including phenoxy) is 1. The normalized spacial score (nSPS) is 10.5. The number of unbranched alkanes of at least 4 members (excludes halogenated alkanes) is 2. The summed E-state index contributed by atoms with van der Waals surface area (Å²) in [5.41, 5.74) is 1.14. The molecule has 0 aromatic heterocycles. The average molecular weight is 256 g/mol. The van der Waals surface area contributed by atoms with Gasteiger partial charge in [-0.2, -0.15) is 0 Å². The van der Waals surface area contributed by atoms with Crippen LogP contribution in [0.3, 0.4) is 0 Å². The van der Waals surface area contributed by atoms with E-state index in [1.807, 2.05) is 25.1 Å². The van der Waals surface area contributed by atoms with Crippen molar-refractivity contribution in [2.24, 2.45) is 0 Å². The van der Waals surface area contributed by atoms with Gasteiger partial charge in [-0.15, -0.1) is 0 Å². The lowest BCUT2D eigenvalue weighted by Crippen LogP contribution is -2.15. The standard InChI is InChI=1S/C14H22ClNO/c1-3-5-6-9-16-11-12-10-13(15)7-8-14(12)17-4-2/h7-8,10,16H,3-6,9,11H2,1-2H3. The summed E-state index contributed by atoms with van der Waals surface area (Å²) in [4.78, 5) is 0. The van der Waals surface area contributed by atoms with E-state index >= 15 is 0 Å². The Balaban J connectivity index is 2.47. The fraction of sp³-hybridized carbons (Fsp3) is 0.571. The van der Waals surface area contributed by atoms with E-state index in [1.54, 1.807) is 0 Å². The van der Waals surface area contributed by atoms with Crippen LogP contribution in [0.1, 0.15) is 38.7 Å². The van der Waals surface area contributed by atoms with Gasteiger partial charge < -0.3 is 10.1 Å². The van der Waals surface area contributed by atoms with Crippen molar-refractivity contribution >= 4 is 11.6 Å². The van der Waals surface area contributed by atoms with E-state index in [0.717, 1.165) is 29.4 Å². The second-order valence-electron chi connectivity index (χ2n) is 4.07. The van der Waals surface area contributed by atoms with Crippen LogP contribution < -0.4 is 10.1 Å². The van der Waals surface area contributed by atoms with Crippen molar-refractivity contribution in [2.45, 2.75) is 39.7 Å². The topological polar surface area (TPSA) is 21.3 Å². The Morgan fingerprint density at radius 1 is 1.24 bits per heavy atom. The fourth-order valence-corrected chi connectivity index (χ4v) is 1.90. The number of halogens is 1. The molecule has 0 unspecified atom stereocenters. The van der Waals surface area contributed by atoms with Crippen molar-refractivity contribution in [3.63, 3.8) is 0 Å². The predicted octanol–water partition coefficient (Wildman–Crippen LogP) is 4.02. The summed E-state index contributed by atoms with van der Waals surface area (Å²) in [6.45, 7) is 6.76. The van der Waals surface area contributed by atoms with Gasteiger partial charge in [-0.3, -0.25) is 0 Å². The average Bonchev–Trinajstić information content (AvgIpc) is 2.32. The highest BCUT2D eigenvalue weighted by molar-refractivity contribution is 6.30. The summed E-state index contributed by atoms with van der Waals surface area (Å²) in [6.07, 6.45) is 3.75. The molecule has 0 fully saturated rings. The zero-order valence-electron chi connectivity index (χ0n) is 10.8. The molecule has 3 heteroatoms. The zero-order valence-corrected chi connectivity index (χ0v) is 11.5. The first kappa shape index (κ1) is 14.3. The zero-order chi connectivity index (χ0) is 12.5. The first-order chi connectivity index (χ1) is 8.27. The monoisotopic (exact) mass is 255 g/mol. The molecule has 1 rings (SSSR count). The van der Waals surface area contributed by atoms with E-state index in [2.05, 4.69) is 12.2 Å². The number of rotatable bonds is 8. The van der Waals surface area contributed by atoms with Crippen molar-refractivity contribution in [1.29, 1.82) is 0 Å². The summed E-state index contributed by atoms with van der Waals surface area (Å²) < 4.78 is 5.57. The predicted molar refractivity (Wildman–Crippen MR) is 73.9 cm³/mol. The third-order valence-corrected chi connectivity index (χ3v) is 2.83. The summed E-state index contributed by atoms with van der Waals surface area (Å²) in [6, 6.07) is 5.78. The molecule has 0 aliphatic carbocycles. The Kier molecular flexibility index (Phi) is 7.06. The van der Waals surface area contributed by atoms with Gasteiger partial charge in [0, 0.05) is 17.1 Å². The molecule has 0 atom stereocenters.